The van der Waals surface area contributed by atoms with Gasteiger partial charge in [-0.2, -0.15) is 0 Å². The van der Waals surface area contributed by atoms with Crippen LogP contribution in [0.2, 0.25) is 0 Å². The Kier molecular flexibility index (Phi) is 4.76. The predicted molar refractivity (Wildman–Crippen MR) is 62.5 cm³/mol. The molecule has 24 heavy (non-hydrogen) atoms. The molecule has 0 heterocycles. The van der Waals surface area contributed by atoms with Crippen LogP contribution >= 0.6 is 8.23 Å². The van der Waals surface area contributed by atoms with Crippen molar-refractivity contribution in [2.24, 2.45) is 0 Å². The second-order valence-corrected chi connectivity index (χ2v) is 6.21. The van der Waals surface area contributed by atoms with Gasteiger partial charge >= 0.3 is 125 Å². The number of benzene rings is 2. The molecule has 0 radical (unpaired) electrons. The standard InChI is InChI=1S/C12H2F11P/c13-1-3(15)7(19)11(8(20)4(1)16)24(23)12-9(21)5(17)2(14)6(18)10(12)22/h24H2. The normalized spacial score (nSPS) is 11.9. The van der Waals surface area contributed by atoms with Gasteiger partial charge in [-0.3, -0.25) is 0 Å². The first-order valence-electron chi connectivity index (χ1n) is 5.69. The number of halogens is 11. The van der Waals surface area contributed by atoms with Gasteiger partial charge in [0.15, 0.2) is 0 Å². The third-order valence-corrected chi connectivity index (χ3v) is 5.02. The fourth-order valence-corrected chi connectivity index (χ4v) is 3.52. The first-order valence-corrected chi connectivity index (χ1v) is 7.28. The maximum atomic E-state index is 14.2. The van der Waals surface area contributed by atoms with Gasteiger partial charge in [0.05, 0.1) is 0 Å². The number of rotatable bonds is 2. The van der Waals surface area contributed by atoms with Crippen LogP contribution in [-0.4, -0.2) is 0 Å². The Labute approximate surface area is 126 Å². The van der Waals surface area contributed by atoms with Crippen molar-refractivity contribution >= 4 is 18.8 Å². The van der Waals surface area contributed by atoms with Crippen molar-refractivity contribution in [3.8, 4) is 0 Å². The summed E-state index contributed by atoms with van der Waals surface area (Å²) in [4.78, 5) is 0. The van der Waals surface area contributed by atoms with Gasteiger partial charge in [-0.25, -0.2) is 0 Å². The van der Waals surface area contributed by atoms with Crippen LogP contribution in [-0.2, 0) is 0 Å². The van der Waals surface area contributed by atoms with E-state index in [1.807, 2.05) is 0 Å². The first-order chi connectivity index (χ1) is 11.0. The molecule has 2 rings (SSSR count). The van der Waals surface area contributed by atoms with E-state index in [2.05, 4.69) is 0 Å². The fraction of sp³-hybridized carbons (Fsp3) is 0. The van der Waals surface area contributed by atoms with Gasteiger partial charge in [0.1, 0.15) is 0 Å². The Morgan fingerprint density at radius 1 is 0.333 bits per heavy atom. The molecule has 2 aromatic rings. The maximum absolute atomic E-state index is 14.2. The molecule has 0 aliphatic heterocycles. The quantitative estimate of drug-likeness (QED) is 0.318. The molecule has 2 aromatic carbocycles. The average molecular weight is 386 g/mol. The van der Waals surface area contributed by atoms with Gasteiger partial charge in [0, 0.05) is 0 Å². The number of hydrogen-bond donors (Lipinski definition) is 0. The average Bonchev–Trinajstić information content (AvgIpc) is 2.55. The zero-order valence-corrected chi connectivity index (χ0v) is 11.9. The molecule has 0 nitrogen and oxygen atoms in total. The molecular formula is C12H2F11P. The van der Waals surface area contributed by atoms with Gasteiger partial charge in [-0.15, -0.1) is 0 Å². The Morgan fingerprint density at radius 2 is 0.500 bits per heavy atom. The molecule has 0 spiro atoms. The van der Waals surface area contributed by atoms with E-state index in [0.717, 1.165) is 0 Å². The zero-order chi connectivity index (χ0) is 18.5. The van der Waals surface area contributed by atoms with Crippen LogP contribution in [0.5, 0.6) is 0 Å². The van der Waals surface area contributed by atoms with Crippen molar-refractivity contribution < 1.29 is 48.1 Å². The summed E-state index contributed by atoms with van der Waals surface area (Å²) in [6.45, 7) is 0. The summed E-state index contributed by atoms with van der Waals surface area (Å²) in [5, 5.41) is -4.51. The van der Waals surface area contributed by atoms with E-state index < -0.39 is 77.0 Å². The van der Waals surface area contributed by atoms with E-state index in [1.165, 1.54) is 0 Å². The van der Waals surface area contributed by atoms with Crippen LogP contribution in [0, 0.1) is 58.2 Å². The van der Waals surface area contributed by atoms with E-state index in [0.29, 0.717) is 0 Å². The van der Waals surface area contributed by atoms with Gasteiger partial charge in [-0.1, -0.05) is 0 Å². The first kappa shape index (κ1) is 18.4. The van der Waals surface area contributed by atoms with Crippen LogP contribution in [0.3, 0.4) is 0 Å². The monoisotopic (exact) mass is 386 g/mol. The van der Waals surface area contributed by atoms with Crippen LogP contribution in [0.1, 0.15) is 0 Å². The molecule has 0 saturated carbocycles. The Morgan fingerprint density at radius 3 is 0.708 bits per heavy atom. The van der Waals surface area contributed by atoms with E-state index in [1.54, 1.807) is 0 Å². The minimum atomic E-state index is -5.52. The van der Waals surface area contributed by atoms with Crippen molar-refractivity contribution in [1.29, 1.82) is 0 Å². The van der Waals surface area contributed by atoms with Crippen LogP contribution in [0.15, 0.2) is 0 Å². The Bertz CT molecular complexity index is 720. The molecule has 0 amide bonds. The van der Waals surface area contributed by atoms with E-state index in [-0.39, 0.29) is 0 Å². The summed E-state index contributed by atoms with van der Waals surface area (Å²) >= 11 is 0. The molecular weight excluding hydrogens is 384 g/mol. The second-order valence-electron chi connectivity index (χ2n) is 4.33. The van der Waals surface area contributed by atoms with Crippen molar-refractivity contribution in [2.45, 2.75) is 0 Å². The summed E-state index contributed by atoms with van der Waals surface area (Å²) in [6.07, 6.45) is 0. The Balaban J connectivity index is 2.84. The van der Waals surface area contributed by atoms with E-state index in [4.69, 9.17) is 0 Å². The summed E-state index contributed by atoms with van der Waals surface area (Å²) in [5.41, 5.74) is 0. The van der Waals surface area contributed by atoms with Crippen molar-refractivity contribution in [2.75, 3.05) is 0 Å². The summed E-state index contributed by atoms with van der Waals surface area (Å²) in [7, 11) is -5.52. The molecule has 0 aliphatic rings. The molecule has 0 aromatic heterocycles. The topological polar surface area (TPSA) is 0 Å². The third-order valence-electron chi connectivity index (χ3n) is 2.99. The predicted octanol–water partition coefficient (Wildman–Crippen LogP) is 3.86. The van der Waals surface area contributed by atoms with Gasteiger partial charge in [-0.05, 0) is 0 Å². The summed E-state index contributed by atoms with van der Waals surface area (Å²) < 4.78 is 146. The molecule has 12 heteroatoms. The van der Waals surface area contributed by atoms with Crippen LogP contribution in [0.25, 0.3) is 0 Å². The molecule has 0 aliphatic carbocycles. The van der Waals surface area contributed by atoms with Crippen molar-refractivity contribution in [1.82, 2.24) is 0 Å². The molecule has 0 unspecified atom stereocenters. The molecule has 0 bridgehead atoms. The molecule has 0 fully saturated rings. The fourth-order valence-electron chi connectivity index (χ4n) is 1.83. The second kappa shape index (κ2) is 6.19. The van der Waals surface area contributed by atoms with Gasteiger partial charge in [0.2, 0.25) is 0 Å². The van der Waals surface area contributed by atoms with Crippen LogP contribution < -0.4 is 10.6 Å². The van der Waals surface area contributed by atoms with Crippen molar-refractivity contribution in [3.63, 3.8) is 0 Å². The van der Waals surface area contributed by atoms with E-state index >= 15 is 0 Å². The molecule has 132 valence electrons. The zero-order valence-electron chi connectivity index (χ0n) is 10.7. The third kappa shape index (κ3) is 2.51. The molecule has 0 saturated heterocycles. The Hall–Kier alpha value is -1.90. The van der Waals surface area contributed by atoms with E-state index in [9.17, 15) is 48.1 Å². The van der Waals surface area contributed by atoms with Gasteiger partial charge in [0.25, 0.3) is 0 Å². The molecule has 0 N–H and O–H groups in total. The SMILES string of the molecule is Fc1c(F)c(F)c([PH2](F)c2c(F)c(F)c(F)c(F)c2F)c(F)c1F. The molecule has 0 atom stereocenters. The van der Waals surface area contributed by atoms with Crippen LogP contribution in [0.4, 0.5) is 48.1 Å². The minimum absolute atomic E-state index is 2.25. The van der Waals surface area contributed by atoms with Crippen molar-refractivity contribution in [3.05, 3.63) is 58.2 Å². The van der Waals surface area contributed by atoms with Gasteiger partial charge < -0.3 is 0 Å². The summed E-state index contributed by atoms with van der Waals surface area (Å²) in [6, 6.07) is 0. The summed E-state index contributed by atoms with van der Waals surface area (Å²) in [5.74, 6) is -26.9. The number of hydrogen-bond acceptors (Lipinski definition) is 0.